The van der Waals surface area contributed by atoms with E-state index in [-0.39, 0.29) is 23.4 Å². The van der Waals surface area contributed by atoms with Gasteiger partial charge in [0.15, 0.2) is 6.10 Å². The number of hydrogen-bond donors (Lipinski definition) is 1. The molecule has 0 bridgehead atoms. The van der Waals surface area contributed by atoms with Gasteiger partial charge in [0.05, 0.1) is 10.5 Å². The van der Waals surface area contributed by atoms with Crippen LogP contribution in [-0.2, 0) is 16.0 Å². The Kier molecular flexibility index (Phi) is 4.18. The first-order chi connectivity index (χ1) is 11.8. The van der Waals surface area contributed by atoms with Gasteiger partial charge in [0.2, 0.25) is 0 Å². The van der Waals surface area contributed by atoms with Crippen molar-refractivity contribution < 1.29 is 23.6 Å². The fourth-order valence-electron chi connectivity index (χ4n) is 2.62. The highest BCUT2D eigenvalue weighted by Gasteiger charge is 2.32. The lowest BCUT2D eigenvalue weighted by Crippen LogP contribution is -2.38. The molecule has 25 heavy (non-hydrogen) atoms. The highest BCUT2D eigenvalue weighted by Crippen LogP contribution is 2.27. The Bertz CT molecular complexity index is 897. The number of rotatable bonds is 3. The molecule has 1 N–H and O–H groups in total. The van der Waals surface area contributed by atoms with Crippen LogP contribution in [0.3, 0.4) is 0 Å². The minimum absolute atomic E-state index is 0.00156. The van der Waals surface area contributed by atoms with Crippen molar-refractivity contribution >= 4 is 23.3 Å². The summed E-state index contributed by atoms with van der Waals surface area (Å²) in [5, 5.41) is 13.5. The zero-order valence-corrected chi connectivity index (χ0v) is 13.1. The Morgan fingerprint density at radius 3 is 2.80 bits per heavy atom. The largest absolute Gasteiger partial charge is 0.448 e. The zero-order chi connectivity index (χ0) is 18.1. The molecule has 7 nitrogen and oxygen atoms in total. The van der Waals surface area contributed by atoms with Gasteiger partial charge in [-0.05, 0) is 42.3 Å². The Morgan fingerprint density at radius 1 is 1.32 bits per heavy atom. The number of nitro groups is 1. The molecule has 1 heterocycles. The van der Waals surface area contributed by atoms with Crippen LogP contribution in [0.1, 0.15) is 21.5 Å². The van der Waals surface area contributed by atoms with Crippen molar-refractivity contribution in [1.29, 1.82) is 0 Å². The van der Waals surface area contributed by atoms with Crippen LogP contribution in [0.15, 0.2) is 36.4 Å². The lowest BCUT2D eigenvalue weighted by atomic mass is 9.98. The number of esters is 1. The molecule has 1 amide bonds. The number of nitrogens with one attached hydrogen (secondary N) is 1. The fraction of sp³-hybridized carbons (Fsp3) is 0.176. The van der Waals surface area contributed by atoms with Crippen LogP contribution in [-0.4, -0.2) is 22.9 Å². The Balaban J connectivity index is 1.83. The van der Waals surface area contributed by atoms with Gasteiger partial charge >= 0.3 is 5.97 Å². The van der Waals surface area contributed by atoms with E-state index in [9.17, 15) is 24.1 Å². The molecule has 1 aliphatic rings. The summed E-state index contributed by atoms with van der Waals surface area (Å²) in [4.78, 5) is 34.8. The lowest BCUT2D eigenvalue weighted by molar-refractivity contribution is -0.384. The number of fused-ring (bicyclic) bond motifs is 1. The number of benzene rings is 2. The van der Waals surface area contributed by atoms with E-state index in [0.717, 1.165) is 6.07 Å². The number of aryl methyl sites for hydroxylation is 1. The lowest BCUT2D eigenvalue weighted by Gasteiger charge is -2.23. The third-order valence-corrected chi connectivity index (χ3v) is 3.84. The van der Waals surface area contributed by atoms with Crippen LogP contribution in [0.25, 0.3) is 0 Å². The van der Waals surface area contributed by atoms with Crippen LogP contribution < -0.4 is 5.32 Å². The molecular formula is C17H13FN2O5. The summed E-state index contributed by atoms with van der Waals surface area (Å²) in [6.45, 7) is 1.69. The molecule has 2 aromatic carbocycles. The third-order valence-electron chi connectivity index (χ3n) is 3.84. The average Bonchev–Trinajstić information content (AvgIpc) is 2.55. The number of ether oxygens (including phenoxy) is 1. The highest BCUT2D eigenvalue weighted by atomic mass is 19.1. The van der Waals surface area contributed by atoms with Crippen molar-refractivity contribution in [3.63, 3.8) is 0 Å². The molecular weight excluding hydrogens is 331 g/mol. The summed E-state index contributed by atoms with van der Waals surface area (Å²) in [6, 6.07) is 7.95. The van der Waals surface area contributed by atoms with Gasteiger partial charge in [-0.1, -0.05) is 6.07 Å². The third kappa shape index (κ3) is 3.32. The van der Waals surface area contributed by atoms with Gasteiger partial charge in [0.1, 0.15) is 11.5 Å². The number of amides is 1. The van der Waals surface area contributed by atoms with Gasteiger partial charge < -0.3 is 10.1 Å². The summed E-state index contributed by atoms with van der Waals surface area (Å²) in [7, 11) is 0. The molecule has 1 aliphatic heterocycles. The smallest absolute Gasteiger partial charge is 0.339 e. The quantitative estimate of drug-likeness (QED) is 0.524. The monoisotopic (exact) mass is 344 g/mol. The Hall–Kier alpha value is -3.29. The first-order valence-corrected chi connectivity index (χ1v) is 7.40. The van der Waals surface area contributed by atoms with Crippen molar-refractivity contribution in [1.82, 2.24) is 0 Å². The summed E-state index contributed by atoms with van der Waals surface area (Å²) < 4.78 is 18.4. The number of carbonyl (C=O) groups excluding carboxylic acids is 2. The molecule has 1 unspecified atom stereocenters. The van der Waals surface area contributed by atoms with Crippen LogP contribution in [0.4, 0.5) is 15.8 Å². The predicted octanol–water partition coefficient (Wildman–Crippen LogP) is 2.76. The number of cyclic esters (lactones) is 1. The molecule has 2 aromatic rings. The zero-order valence-electron chi connectivity index (χ0n) is 13.1. The molecule has 0 radical (unpaired) electrons. The van der Waals surface area contributed by atoms with Crippen LogP contribution >= 0.6 is 0 Å². The molecule has 0 fully saturated rings. The summed E-state index contributed by atoms with van der Waals surface area (Å²) in [5.74, 6) is -1.98. The number of halogens is 1. The molecule has 1 atom stereocenters. The second-order valence-electron chi connectivity index (χ2n) is 5.67. The molecule has 0 saturated heterocycles. The topological polar surface area (TPSA) is 98.5 Å². The average molecular weight is 344 g/mol. The van der Waals surface area contributed by atoms with E-state index in [1.165, 1.54) is 24.3 Å². The molecule has 8 heteroatoms. The normalized spacial score (nSPS) is 15.9. The highest BCUT2D eigenvalue weighted by molar-refractivity contribution is 6.01. The summed E-state index contributed by atoms with van der Waals surface area (Å²) >= 11 is 0. The second kappa shape index (κ2) is 6.31. The van der Waals surface area contributed by atoms with Gasteiger partial charge in [-0.25, -0.2) is 9.18 Å². The van der Waals surface area contributed by atoms with Gasteiger partial charge in [-0.3, -0.25) is 14.9 Å². The number of anilines is 1. The van der Waals surface area contributed by atoms with Crippen LogP contribution in [0.2, 0.25) is 0 Å². The van der Waals surface area contributed by atoms with E-state index in [0.29, 0.717) is 11.1 Å². The molecule has 128 valence electrons. The summed E-state index contributed by atoms with van der Waals surface area (Å²) in [6.07, 6.45) is -1.20. The maximum atomic E-state index is 13.3. The molecule has 0 spiro atoms. The van der Waals surface area contributed by atoms with Gasteiger partial charge in [-0.15, -0.1) is 0 Å². The Labute approximate surface area is 141 Å². The standard InChI is InChI=1S/C17H13FN2O5/c1-9-2-5-13(14(6-9)20(23)24)19-16(21)15-8-10-7-11(18)3-4-12(10)17(22)25-15/h2-7,15H,8H2,1H3,(H,19,21). The van der Waals surface area contributed by atoms with E-state index in [4.69, 9.17) is 4.74 Å². The molecule has 0 aliphatic carbocycles. The van der Waals surface area contributed by atoms with Crippen LogP contribution in [0.5, 0.6) is 0 Å². The Morgan fingerprint density at radius 2 is 2.08 bits per heavy atom. The molecule has 0 aromatic heterocycles. The van der Waals surface area contributed by atoms with Gasteiger partial charge in [0.25, 0.3) is 11.6 Å². The van der Waals surface area contributed by atoms with Crippen molar-refractivity contribution in [3.05, 3.63) is 69.0 Å². The number of nitrogens with zero attached hydrogens (tertiary/aromatic N) is 1. The number of nitro benzene ring substituents is 1. The van der Waals surface area contributed by atoms with Gasteiger partial charge in [-0.2, -0.15) is 0 Å². The first-order valence-electron chi connectivity index (χ1n) is 7.40. The van der Waals surface area contributed by atoms with E-state index >= 15 is 0 Å². The van der Waals surface area contributed by atoms with Crippen molar-refractivity contribution in [3.8, 4) is 0 Å². The van der Waals surface area contributed by atoms with E-state index in [1.54, 1.807) is 13.0 Å². The van der Waals surface area contributed by atoms with Crippen molar-refractivity contribution in [2.75, 3.05) is 5.32 Å². The number of hydrogen-bond acceptors (Lipinski definition) is 5. The first kappa shape index (κ1) is 16.6. The van der Waals surface area contributed by atoms with E-state index in [2.05, 4.69) is 5.32 Å². The summed E-state index contributed by atoms with van der Waals surface area (Å²) in [5.41, 5.74) is 0.961. The van der Waals surface area contributed by atoms with E-state index in [1.807, 2.05) is 0 Å². The maximum absolute atomic E-state index is 13.3. The van der Waals surface area contributed by atoms with Crippen molar-refractivity contribution in [2.24, 2.45) is 0 Å². The SMILES string of the molecule is Cc1ccc(NC(=O)C2Cc3cc(F)ccc3C(=O)O2)c([N+](=O)[O-])c1. The number of carbonyl (C=O) groups is 2. The minimum atomic E-state index is -1.19. The van der Waals surface area contributed by atoms with E-state index < -0.39 is 28.7 Å². The minimum Gasteiger partial charge on any atom is -0.448 e. The fourth-order valence-corrected chi connectivity index (χ4v) is 2.62. The van der Waals surface area contributed by atoms with Gasteiger partial charge in [0, 0.05) is 12.5 Å². The van der Waals surface area contributed by atoms with Crippen LogP contribution in [0, 0.1) is 22.9 Å². The second-order valence-corrected chi connectivity index (χ2v) is 5.67. The molecule has 3 rings (SSSR count). The maximum Gasteiger partial charge on any atom is 0.339 e. The van der Waals surface area contributed by atoms with Crippen molar-refractivity contribution in [2.45, 2.75) is 19.4 Å². The molecule has 0 saturated carbocycles. The predicted molar refractivity (Wildman–Crippen MR) is 85.8 cm³/mol.